The molecule has 0 spiro atoms. The van der Waals surface area contributed by atoms with Crippen LogP contribution in [0.2, 0.25) is 5.02 Å². The Morgan fingerprint density at radius 1 is 1.26 bits per heavy atom. The smallest absolute Gasteiger partial charge is 0.323 e. The van der Waals surface area contributed by atoms with Gasteiger partial charge < -0.3 is 10.5 Å². The van der Waals surface area contributed by atoms with Crippen LogP contribution in [0.3, 0.4) is 0 Å². The second-order valence-corrected chi connectivity index (χ2v) is 4.40. The number of halogens is 1. The normalized spacial score (nSPS) is 10.7. The number of rotatable bonds is 4. The van der Waals surface area contributed by atoms with E-state index < -0.39 is 0 Å². The standard InChI is InChI=1S/C11H15ClN6O/c1-4-5-19-11-15-9(13)14-10(16-11)18-7(3)8(12)6(2)17-18/h4-5H2,1-3H3,(H2,13,14,15,16). The summed E-state index contributed by atoms with van der Waals surface area (Å²) >= 11 is 6.09. The summed E-state index contributed by atoms with van der Waals surface area (Å²) < 4.78 is 6.88. The molecule has 8 heteroatoms. The van der Waals surface area contributed by atoms with Gasteiger partial charge >= 0.3 is 6.01 Å². The average molecular weight is 283 g/mol. The Hall–Kier alpha value is -1.89. The number of nitrogen functional groups attached to an aromatic ring is 1. The summed E-state index contributed by atoms with van der Waals surface area (Å²) in [6, 6.07) is 0.188. The fourth-order valence-corrected chi connectivity index (χ4v) is 1.65. The minimum absolute atomic E-state index is 0.0831. The van der Waals surface area contributed by atoms with E-state index in [1.54, 1.807) is 0 Å². The molecule has 0 saturated carbocycles. The van der Waals surface area contributed by atoms with E-state index in [1.165, 1.54) is 4.68 Å². The number of nitrogens with zero attached hydrogens (tertiary/aromatic N) is 5. The van der Waals surface area contributed by atoms with Gasteiger partial charge in [0.1, 0.15) is 0 Å². The molecule has 0 atom stereocenters. The van der Waals surface area contributed by atoms with Crippen LogP contribution in [-0.2, 0) is 0 Å². The highest BCUT2D eigenvalue weighted by atomic mass is 35.5. The van der Waals surface area contributed by atoms with Crippen LogP contribution in [0.1, 0.15) is 24.7 Å². The van der Waals surface area contributed by atoms with E-state index in [9.17, 15) is 0 Å². The van der Waals surface area contributed by atoms with Gasteiger partial charge in [0.15, 0.2) is 0 Å². The van der Waals surface area contributed by atoms with Crippen molar-refractivity contribution in [3.8, 4) is 12.0 Å². The van der Waals surface area contributed by atoms with Crippen LogP contribution in [0.5, 0.6) is 6.01 Å². The van der Waals surface area contributed by atoms with Crippen LogP contribution in [0.4, 0.5) is 5.95 Å². The molecule has 102 valence electrons. The third-order valence-electron chi connectivity index (χ3n) is 2.45. The number of ether oxygens (including phenoxy) is 1. The van der Waals surface area contributed by atoms with Gasteiger partial charge in [0.2, 0.25) is 5.95 Å². The predicted molar refractivity (Wildman–Crippen MR) is 71.6 cm³/mol. The molecule has 2 rings (SSSR count). The molecule has 0 bridgehead atoms. The summed E-state index contributed by atoms with van der Waals surface area (Å²) in [5.41, 5.74) is 7.09. The summed E-state index contributed by atoms with van der Waals surface area (Å²) in [5, 5.41) is 4.84. The molecule has 0 radical (unpaired) electrons. The maximum absolute atomic E-state index is 6.09. The van der Waals surface area contributed by atoms with Gasteiger partial charge in [-0.1, -0.05) is 18.5 Å². The quantitative estimate of drug-likeness (QED) is 0.917. The number of hydrogen-bond donors (Lipinski definition) is 1. The Balaban J connectivity index is 2.43. The first kappa shape index (κ1) is 13.5. The number of nitrogens with two attached hydrogens (primary N) is 1. The summed E-state index contributed by atoms with van der Waals surface area (Å²) in [4.78, 5) is 12.1. The Morgan fingerprint density at radius 2 is 2.00 bits per heavy atom. The van der Waals surface area contributed by atoms with E-state index in [1.807, 2.05) is 20.8 Å². The van der Waals surface area contributed by atoms with E-state index in [2.05, 4.69) is 20.1 Å². The molecule has 19 heavy (non-hydrogen) atoms. The molecule has 2 heterocycles. The summed E-state index contributed by atoms with van der Waals surface area (Å²) in [6.07, 6.45) is 0.854. The summed E-state index contributed by atoms with van der Waals surface area (Å²) in [6.45, 7) is 6.15. The highest BCUT2D eigenvalue weighted by Gasteiger charge is 2.15. The van der Waals surface area contributed by atoms with Gasteiger partial charge in [-0.3, -0.25) is 0 Å². The van der Waals surface area contributed by atoms with Gasteiger partial charge in [-0.15, -0.1) is 0 Å². The molecule has 0 unspecified atom stereocenters. The van der Waals surface area contributed by atoms with Crippen molar-refractivity contribution in [2.75, 3.05) is 12.3 Å². The molecule has 2 N–H and O–H groups in total. The van der Waals surface area contributed by atoms with E-state index in [-0.39, 0.29) is 12.0 Å². The Labute approximate surface area is 115 Å². The topological polar surface area (TPSA) is 91.7 Å². The molecule has 2 aromatic heterocycles. The Bertz CT molecular complexity index is 597. The monoisotopic (exact) mass is 282 g/mol. The molecule has 2 aromatic rings. The highest BCUT2D eigenvalue weighted by Crippen LogP contribution is 2.21. The van der Waals surface area contributed by atoms with Crippen LogP contribution in [0.15, 0.2) is 0 Å². The maximum atomic E-state index is 6.09. The molecule has 0 aliphatic rings. The van der Waals surface area contributed by atoms with Gasteiger partial charge in [0.05, 0.1) is 23.0 Å². The zero-order chi connectivity index (χ0) is 14.0. The summed E-state index contributed by atoms with van der Waals surface area (Å²) in [7, 11) is 0. The number of anilines is 1. The number of aryl methyl sites for hydroxylation is 1. The maximum Gasteiger partial charge on any atom is 0.323 e. The lowest BCUT2D eigenvalue weighted by molar-refractivity contribution is 0.291. The van der Waals surface area contributed by atoms with Crippen molar-refractivity contribution < 1.29 is 4.74 Å². The van der Waals surface area contributed by atoms with Crippen LogP contribution in [0, 0.1) is 13.8 Å². The molecule has 0 aromatic carbocycles. The largest absolute Gasteiger partial charge is 0.463 e. The van der Waals surface area contributed by atoms with Crippen molar-refractivity contribution in [2.45, 2.75) is 27.2 Å². The van der Waals surface area contributed by atoms with Crippen molar-refractivity contribution in [1.82, 2.24) is 24.7 Å². The molecule has 0 saturated heterocycles. The Morgan fingerprint density at radius 3 is 2.58 bits per heavy atom. The van der Waals surface area contributed by atoms with Gasteiger partial charge in [-0.05, 0) is 20.3 Å². The van der Waals surface area contributed by atoms with E-state index in [0.717, 1.165) is 12.1 Å². The predicted octanol–water partition coefficient (Wildman–Crippen LogP) is 1.70. The minimum atomic E-state index is 0.0831. The van der Waals surface area contributed by atoms with Crippen LogP contribution < -0.4 is 10.5 Å². The van der Waals surface area contributed by atoms with Crippen molar-refractivity contribution in [2.24, 2.45) is 0 Å². The van der Waals surface area contributed by atoms with Gasteiger partial charge in [-0.25, -0.2) is 4.68 Å². The highest BCUT2D eigenvalue weighted by molar-refractivity contribution is 6.31. The molecule has 0 aliphatic heterocycles. The van der Waals surface area contributed by atoms with Crippen molar-refractivity contribution >= 4 is 17.5 Å². The first-order valence-corrected chi connectivity index (χ1v) is 6.27. The molecule has 7 nitrogen and oxygen atoms in total. The number of hydrogen-bond acceptors (Lipinski definition) is 6. The molecular weight excluding hydrogens is 268 g/mol. The fourth-order valence-electron chi connectivity index (χ4n) is 1.53. The molecule has 0 amide bonds. The van der Waals surface area contributed by atoms with Crippen LogP contribution in [0.25, 0.3) is 5.95 Å². The SMILES string of the molecule is CCCOc1nc(N)nc(-n2nc(C)c(Cl)c2C)n1. The lowest BCUT2D eigenvalue weighted by Gasteiger charge is -2.06. The molecular formula is C11H15ClN6O. The summed E-state index contributed by atoms with van der Waals surface area (Å²) in [5.74, 6) is 0.380. The Kier molecular flexibility index (Phi) is 3.84. The van der Waals surface area contributed by atoms with E-state index in [0.29, 0.717) is 23.3 Å². The van der Waals surface area contributed by atoms with E-state index in [4.69, 9.17) is 22.1 Å². The molecule has 0 fully saturated rings. The zero-order valence-electron chi connectivity index (χ0n) is 11.0. The second kappa shape index (κ2) is 5.40. The van der Waals surface area contributed by atoms with Gasteiger partial charge in [-0.2, -0.15) is 20.1 Å². The first-order chi connectivity index (χ1) is 9.02. The lowest BCUT2D eigenvalue weighted by atomic mass is 10.4. The minimum Gasteiger partial charge on any atom is -0.463 e. The second-order valence-electron chi connectivity index (χ2n) is 4.02. The lowest BCUT2D eigenvalue weighted by Crippen LogP contribution is -2.11. The first-order valence-electron chi connectivity index (χ1n) is 5.89. The van der Waals surface area contributed by atoms with Gasteiger partial charge in [0.25, 0.3) is 5.95 Å². The van der Waals surface area contributed by atoms with Crippen molar-refractivity contribution in [3.63, 3.8) is 0 Å². The van der Waals surface area contributed by atoms with Crippen LogP contribution in [-0.4, -0.2) is 31.3 Å². The molecule has 0 aliphatic carbocycles. The zero-order valence-corrected chi connectivity index (χ0v) is 11.8. The third-order valence-corrected chi connectivity index (χ3v) is 3.00. The fraction of sp³-hybridized carbons (Fsp3) is 0.455. The van der Waals surface area contributed by atoms with Crippen molar-refractivity contribution in [3.05, 3.63) is 16.4 Å². The van der Waals surface area contributed by atoms with Gasteiger partial charge in [0, 0.05) is 0 Å². The average Bonchev–Trinajstić information content (AvgIpc) is 2.63. The third kappa shape index (κ3) is 2.76. The number of aromatic nitrogens is 5. The van der Waals surface area contributed by atoms with Crippen molar-refractivity contribution in [1.29, 1.82) is 0 Å². The van der Waals surface area contributed by atoms with Crippen LogP contribution >= 0.6 is 11.6 Å². The van der Waals surface area contributed by atoms with E-state index >= 15 is 0 Å².